The second-order valence-corrected chi connectivity index (χ2v) is 8.32. The van der Waals surface area contributed by atoms with Gasteiger partial charge >= 0.3 is 0 Å². The van der Waals surface area contributed by atoms with Crippen LogP contribution in [0.2, 0.25) is 10.0 Å². The molecule has 156 valence electrons. The van der Waals surface area contributed by atoms with Gasteiger partial charge in [0.2, 0.25) is 0 Å². The van der Waals surface area contributed by atoms with Crippen molar-refractivity contribution >= 4 is 69.7 Å². The van der Waals surface area contributed by atoms with Crippen molar-refractivity contribution in [2.75, 3.05) is 14.2 Å². The monoisotopic (exact) mass is 484 g/mol. The molecule has 1 amide bonds. The van der Waals surface area contributed by atoms with Crippen LogP contribution in [-0.2, 0) is 4.79 Å². The highest BCUT2D eigenvalue weighted by Crippen LogP contribution is 2.38. The number of thiocarbonyl (C=S) groups is 1. The number of methoxy groups -OCH3 is 2. The van der Waals surface area contributed by atoms with Crippen LogP contribution in [0.1, 0.15) is 11.1 Å². The molecular weight excluding hydrogens is 471 g/mol. The summed E-state index contributed by atoms with van der Waals surface area (Å²) in [5, 5.41) is 25.2. The molecule has 0 radical (unpaired) electrons. The normalized spacial score (nSPS) is 15.5. The van der Waals surface area contributed by atoms with Crippen molar-refractivity contribution in [2.45, 2.75) is 0 Å². The summed E-state index contributed by atoms with van der Waals surface area (Å²) in [6.07, 6.45) is 2.88. The molecule has 0 aromatic heterocycles. The van der Waals surface area contributed by atoms with Crippen LogP contribution in [0.4, 0.5) is 0 Å². The average Bonchev–Trinajstić information content (AvgIpc) is 2.96. The SMILES string of the molecule is COc1cc(/C=N/N2C(=O)/C(=C\c3cc(OC)c(O)cc3Cl)SC2=S)c(Cl)cc1O. The first-order valence-electron chi connectivity index (χ1n) is 8.20. The molecule has 2 N–H and O–H groups in total. The van der Waals surface area contributed by atoms with Gasteiger partial charge in [-0.25, -0.2) is 0 Å². The zero-order chi connectivity index (χ0) is 22.0. The number of halogens is 2. The minimum Gasteiger partial charge on any atom is -0.504 e. The number of hydrazone groups is 1. The van der Waals surface area contributed by atoms with E-state index in [-0.39, 0.29) is 37.4 Å². The highest BCUT2D eigenvalue weighted by Gasteiger charge is 2.32. The fraction of sp³-hybridized carbons (Fsp3) is 0.105. The number of hydrogen-bond donors (Lipinski definition) is 2. The molecule has 2 aromatic carbocycles. The number of phenols is 2. The molecule has 0 saturated carbocycles. The Labute approximate surface area is 191 Å². The minimum atomic E-state index is -0.453. The predicted molar refractivity (Wildman–Crippen MR) is 122 cm³/mol. The highest BCUT2D eigenvalue weighted by molar-refractivity contribution is 8.26. The van der Waals surface area contributed by atoms with E-state index in [4.69, 9.17) is 44.9 Å². The van der Waals surface area contributed by atoms with Gasteiger partial charge in [-0.15, -0.1) is 0 Å². The zero-order valence-corrected chi connectivity index (χ0v) is 18.7. The molecule has 0 aliphatic carbocycles. The highest BCUT2D eigenvalue weighted by atomic mass is 35.5. The van der Waals surface area contributed by atoms with Crippen molar-refractivity contribution in [3.05, 3.63) is 50.3 Å². The molecular formula is C19H14Cl2N2O5S2. The molecule has 0 atom stereocenters. The Hall–Kier alpha value is -2.46. The number of amides is 1. The van der Waals surface area contributed by atoms with Gasteiger partial charge in [0, 0.05) is 17.7 Å². The van der Waals surface area contributed by atoms with Crippen LogP contribution in [0.25, 0.3) is 6.08 Å². The Bertz CT molecular complexity index is 1100. The molecule has 11 heteroatoms. The van der Waals surface area contributed by atoms with Gasteiger partial charge in [0.05, 0.1) is 35.4 Å². The Balaban J connectivity index is 1.89. The minimum absolute atomic E-state index is 0.113. The van der Waals surface area contributed by atoms with Crippen molar-refractivity contribution in [3.63, 3.8) is 0 Å². The number of benzene rings is 2. The fourth-order valence-corrected chi connectivity index (χ4v) is 4.06. The van der Waals surface area contributed by atoms with E-state index in [1.165, 1.54) is 50.8 Å². The van der Waals surface area contributed by atoms with E-state index < -0.39 is 5.91 Å². The third kappa shape index (κ3) is 4.49. The van der Waals surface area contributed by atoms with Crippen LogP contribution < -0.4 is 9.47 Å². The molecule has 1 aliphatic rings. The Morgan fingerprint density at radius 2 is 1.57 bits per heavy atom. The lowest BCUT2D eigenvalue weighted by atomic mass is 10.2. The van der Waals surface area contributed by atoms with Crippen molar-refractivity contribution < 1.29 is 24.5 Å². The standard InChI is InChI=1S/C19H14Cl2N2O5S2/c1-27-15-3-9(11(20)6-13(15)24)5-17-18(26)23(19(29)30-17)22-8-10-4-16(28-2)14(25)7-12(10)21/h3-8,24-25H,1-2H3/b17-5+,22-8+. The number of ether oxygens (including phenoxy) is 2. The Morgan fingerprint density at radius 1 is 1.03 bits per heavy atom. The van der Waals surface area contributed by atoms with E-state index >= 15 is 0 Å². The zero-order valence-electron chi connectivity index (χ0n) is 15.6. The molecule has 0 spiro atoms. The Morgan fingerprint density at radius 3 is 2.13 bits per heavy atom. The van der Waals surface area contributed by atoms with Crippen molar-refractivity contribution in [1.29, 1.82) is 0 Å². The number of aromatic hydroxyl groups is 2. The van der Waals surface area contributed by atoms with Crippen LogP contribution in [0, 0.1) is 0 Å². The van der Waals surface area contributed by atoms with Gasteiger partial charge < -0.3 is 19.7 Å². The molecule has 3 rings (SSSR count). The average molecular weight is 485 g/mol. The van der Waals surface area contributed by atoms with Crippen molar-refractivity contribution in [3.8, 4) is 23.0 Å². The largest absolute Gasteiger partial charge is 0.504 e. The molecule has 1 heterocycles. The quantitative estimate of drug-likeness (QED) is 0.362. The summed E-state index contributed by atoms with van der Waals surface area (Å²) in [5.74, 6) is -0.254. The number of thioether (sulfide) groups is 1. The van der Waals surface area contributed by atoms with Gasteiger partial charge in [0.15, 0.2) is 27.3 Å². The smallest absolute Gasteiger partial charge is 0.286 e. The van der Waals surface area contributed by atoms with Crippen LogP contribution in [-0.4, -0.2) is 45.9 Å². The predicted octanol–water partition coefficient (Wildman–Crippen LogP) is 4.66. The van der Waals surface area contributed by atoms with E-state index in [0.29, 0.717) is 16.0 Å². The number of nitrogens with zero attached hydrogens (tertiary/aromatic N) is 2. The fourth-order valence-electron chi connectivity index (χ4n) is 2.47. The van der Waals surface area contributed by atoms with Gasteiger partial charge in [-0.05, 0) is 36.0 Å². The number of carbonyl (C=O) groups is 1. The molecule has 30 heavy (non-hydrogen) atoms. The van der Waals surface area contributed by atoms with Gasteiger partial charge in [0.1, 0.15) is 0 Å². The molecule has 1 saturated heterocycles. The summed E-state index contributed by atoms with van der Waals surface area (Å²) in [6.45, 7) is 0. The molecule has 7 nitrogen and oxygen atoms in total. The number of carbonyl (C=O) groups excluding carboxylic acids is 1. The van der Waals surface area contributed by atoms with Crippen LogP contribution >= 0.6 is 47.2 Å². The first kappa shape index (κ1) is 22.2. The first-order valence-corrected chi connectivity index (χ1v) is 10.2. The summed E-state index contributed by atoms with van der Waals surface area (Å²) < 4.78 is 10.3. The van der Waals surface area contributed by atoms with Crippen LogP contribution in [0.3, 0.4) is 0 Å². The second-order valence-electron chi connectivity index (χ2n) is 5.83. The maximum atomic E-state index is 12.8. The summed E-state index contributed by atoms with van der Waals surface area (Å²) in [6, 6.07) is 5.63. The van der Waals surface area contributed by atoms with Crippen molar-refractivity contribution in [1.82, 2.24) is 5.01 Å². The summed E-state index contributed by atoms with van der Waals surface area (Å²) in [5.41, 5.74) is 0.901. The lowest BCUT2D eigenvalue weighted by molar-refractivity contribution is -0.122. The van der Waals surface area contributed by atoms with E-state index in [0.717, 1.165) is 16.8 Å². The summed E-state index contributed by atoms with van der Waals surface area (Å²) in [4.78, 5) is 13.0. The lowest BCUT2D eigenvalue weighted by Gasteiger charge is -2.09. The lowest BCUT2D eigenvalue weighted by Crippen LogP contribution is -2.22. The molecule has 0 unspecified atom stereocenters. The van der Waals surface area contributed by atoms with Crippen molar-refractivity contribution in [2.24, 2.45) is 5.10 Å². The van der Waals surface area contributed by atoms with Gasteiger partial charge in [-0.3, -0.25) is 4.79 Å². The third-order valence-electron chi connectivity index (χ3n) is 3.97. The molecule has 0 bridgehead atoms. The van der Waals surface area contributed by atoms with E-state index in [1.54, 1.807) is 0 Å². The second kappa shape index (κ2) is 9.13. The van der Waals surface area contributed by atoms with Gasteiger partial charge in [0.25, 0.3) is 5.91 Å². The third-order valence-corrected chi connectivity index (χ3v) is 5.91. The molecule has 1 aliphatic heterocycles. The molecule has 2 aromatic rings. The summed E-state index contributed by atoms with van der Waals surface area (Å²) >= 11 is 18.6. The number of phenolic OH excluding ortho intramolecular Hbond substituents is 2. The van der Waals surface area contributed by atoms with E-state index in [1.807, 2.05) is 0 Å². The van der Waals surface area contributed by atoms with E-state index in [9.17, 15) is 15.0 Å². The van der Waals surface area contributed by atoms with Gasteiger partial charge in [-0.2, -0.15) is 10.1 Å². The number of hydrogen-bond acceptors (Lipinski definition) is 8. The number of rotatable bonds is 5. The maximum Gasteiger partial charge on any atom is 0.286 e. The summed E-state index contributed by atoms with van der Waals surface area (Å²) in [7, 11) is 2.81. The maximum absolute atomic E-state index is 12.8. The topological polar surface area (TPSA) is 91.6 Å². The van der Waals surface area contributed by atoms with E-state index in [2.05, 4.69) is 5.10 Å². The first-order chi connectivity index (χ1) is 14.2. The van der Waals surface area contributed by atoms with Crippen LogP contribution in [0.5, 0.6) is 23.0 Å². The molecule has 1 fully saturated rings. The Kier molecular flexibility index (Phi) is 6.77. The van der Waals surface area contributed by atoms with Gasteiger partial charge in [-0.1, -0.05) is 35.0 Å². The van der Waals surface area contributed by atoms with Crippen LogP contribution in [0.15, 0.2) is 34.3 Å².